The van der Waals surface area contributed by atoms with Gasteiger partial charge in [-0.2, -0.15) is 0 Å². The predicted octanol–water partition coefficient (Wildman–Crippen LogP) is 2.02. The minimum Gasteiger partial charge on any atom is -0.388 e. The molecule has 5 heteroatoms. The van der Waals surface area contributed by atoms with Crippen molar-refractivity contribution >= 4 is 6.03 Å². The predicted molar refractivity (Wildman–Crippen MR) is 85.9 cm³/mol. The number of carbonyl (C=O) groups excluding carboxylic acids is 1. The molecule has 0 radical (unpaired) electrons. The van der Waals surface area contributed by atoms with E-state index in [0.29, 0.717) is 26.1 Å². The van der Waals surface area contributed by atoms with Crippen LogP contribution in [-0.4, -0.2) is 42.5 Å². The van der Waals surface area contributed by atoms with Crippen LogP contribution in [-0.2, 0) is 4.74 Å². The number of amides is 2. The van der Waals surface area contributed by atoms with Gasteiger partial charge in [0, 0.05) is 44.6 Å². The molecule has 1 saturated heterocycles. The van der Waals surface area contributed by atoms with E-state index in [9.17, 15) is 9.90 Å². The molecular formula is C17H26N2O3. The van der Waals surface area contributed by atoms with E-state index >= 15 is 0 Å². The van der Waals surface area contributed by atoms with Gasteiger partial charge in [-0.3, -0.25) is 0 Å². The molecule has 2 atom stereocenters. The number of rotatable bonds is 5. The first-order chi connectivity index (χ1) is 10.5. The Kier molecular flexibility index (Phi) is 5.80. The van der Waals surface area contributed by atoms with Gasteiger partial charge in [-0.05, 0) is 12.5 Å². The number of ether oxygens (including phenoxy) is 1. The van der Waals surface area contributed by atoms with Crippen LogP contribution in [0.5, 0.6) is 0 Å². The third-order valence-electron chi connectivity index (χ3n) is 4.44. The first-order valence-corrected chi connectivity index (χ1v) is 7.90. The van der Waals surface area contributed by atoms with E-state index in [4.69, 9.17) is 4.74 Å². The minimum atomic E-state index is -0.843. The van der Waals surface area contributed by atoms with E-state index in [1.165, 1.54) is 5.56 Å². The van der Waals surface area contributed by atoms with Gasteiger partial charge in [-0.1, -0.05) is 37.3 Å². The van der Waals surface area contributed by atoms with Crippen molar-refractivity contribution in [2.45, 2.75) is 44.2 Å². The highest BCUT2D eigenvalue weighted by molar-refractivity contribution is 5.74. The van der Waals surface area contributed by atoms with Crippen molar-refractivity contribution in [2.75, 3.05) is 19.8 Å². The number of nitrogens with one attached hydrogen (secondary N) is 2. The standard InChI is InChI=1S/C17H26N2O3/c1-13(15-6-4-3-5-7-15)14(2)19-16(20)18-12-17(21)8-10-22-11-9-17/h3-7,13-14,21H,8-12H2,1-2H3,(H2,18,19,20). The summed E-state index contributed by atoms with van der Waals surface area (Å²) in [5.41, 5.74) is 0.350. The van der Waals surface area contributed by atoms with Crippen LogP contribution < -0.4 is 10.6 Å². The van der Waals surface area contributed by atoms with Gasteiger partial charge in [0.25, 0.3) is 0 Å². The molecule has 1 aromatic rings. The van der Waals surface area contributed by atoms with Crippen molar-refractivity contribution in [3.8, 4) is 0 Å². The summed E-state index contributed by atoms with van der Waals surface area (Å²) >= 11 is 0. The summed E-state index contributed by atoms with van der Waals surface area (Å²) in [4.78, 5) is 12.0. The Morgan fingerprint density at radius 3 is 2.55 bits per heavy atom. The van der Waals surface area contributed by atoms with Crippen LogP contribution in [0.25, 0.3) is 0 Å². The highest BCUT2D eigenvalue weighted by Crippen LogP contribution is 2.20. The number of carbonyl (C=O) groups is 1. The fourth-order valence-electron chi connectivity index (χ4n) is 2.60. The molecule has 22 heavy (non-hydrogen) atoms. The molecule has 1 heterocycles. The van der Waals surface area contributed by atoms with E-state index in [1.54, 1.807) is 0 Å². The van der Waals surface area contributed by atoms with Gasteiger partial charge in [0.1, 0.15) is 0 Å². The Balaban J connectivity index is 1.78. The van der Waals surface area contributed by atoms with Crippen LogP contribution in [0.3, 0.4) is 0 Å². The van der Waals surface area contributed by atoms with Gasteiger partial charge in [-0.15, -0.1) is 0 Å². The van der Waals surface area contributed by atoms with Crippen LogP contribution in [0.4, 0.5) is 4.79 Å². The SMILES string of the molecule is CC(NC(=O)NCC1(O)CCOCC1)C(C)c1ccccc1. The number of benzene rings is 1. The van der Waals surface area contributed by atoms with Crippen molar-refractivity contribution in [1.29, 1.82) is 0 Å². The molecule has 0 aromatic heterocycles. The molecule has 2 rings (SSSR count). The molecule has 1 aliphatic heterocycles. The molecule has 1 aromatic carbocycles. The van der Waals surface area contributed by atoms with Gasteiger partial charge in [0.05, 0.1) is 5.60 Å². The van der Waals surface area contributed by atoms with E-state index < -0.39 is 5.60 Å². The second-order valence-corrected chi connectivity index (χ2v) is 6.15. The van der Waals surface area contributed by atoms with Crippen LogP contribution in [0.1, 0.15) is 38.2 Å². The lowest BCUT2D eigenvalue weighted by molar-refractivity contribution is -0.0600. The third-order valence-corrected chi connectivity index (χ3v) is 4.44. The van der Waals surface area contributed by atoms with E-state index in [-0.39, 0.29) is 24.5 Å². The Hall–Kier alpha value is -1.59. The van der Waals surface area contributed by atoms with Gasteiger partial charge in [0.2, 0.25) is 0 Å². The Labute approximate surface area is 132 Å². The van der Waals surface area contributed by atoms with Gasteiger partial charge in [0.15, 0.2) is 0 Å². The minimum absolute atomic E-state index is 0.00623. The molecular weight excluding hydrogens is 280 g/mol. The molecule has 1 fully saturated rings. The Bertz CT molecular complexity index is 472. The molecule has 3 N–H and O–H groups in total. The lowest BCUT2D eigenvalue weighted by atomic mass is 9.94. The largest absolute Gasteiger partial charge is 0.388 e. The van der Waals surface area contributed by atoms with Gasteiger partial charge < -0.3 is 20.5 Å². The topological polar surface area (TPSA) is 70.6 Å². The number of hydrogen-bond acceptors (Lipinski definition) is 3. The molecule has 0 bridgehead atoms. The summed E-state index contributed by atoms with van der Waals surface area (Å²) in [5, 5.41) is 16.0. The third kappa shape index (κ3) is 4.71. The fourth-order valence-corrected chi connectivity index (χ4v) is 2.60. The van der Waals surface area contributed by atoms with Crippen LogP contribution in [0.15, 0.2) is 30.3 Å². The van der Waals surface area contributed by atoms with Crippen molar-refractivity contribution < 1.29 is 14.6 Å². The summed E-state index contributed by atoms with van der Waals surface area (Å²) in [6.07, 6.45) is 1.12. The Morgan fingerprint density at radius 2 is 1.91 bits per heavy atom. The molecule has 0 aliphatic carbocycles. The first kappa shape index (κ1) is 16.8. The average molecular weight is 306 g/mol. The lowest BCUT2D eigenvalue weighted by Crippen LogP contribution is -2.50. The van der Waals surface area contributed by atoms with Crippen molar-refractivity contribution in [3.05, 3.63) is 35.9 Å². The summed E-state index contributed by atoms with van der Waals surface area (Å²) < 4.78 is 5.23. The summed E-state index contributed by atoms with van der Waals surface area (Å²) in [5.74, 6) is 0.220. The number of hydrogen-bond donors (Lipinski definition) is 3. The van der Waals surface area contributed by atoms with Crippen LogP contribution in [0.2, 0.25) is 0 Å². The van der Waals surface area contributed by atoms with Gasteiger partial charge >= 0.3 is 6.03 Å². The first-order valence-electron chi connectivity index (χ1n) is 7.90. The van der Waals surface area contributed by atoms with E-state index in [0.717, 1.165) is 0 Å². The smallest absolute Gasteiger partial charge is 0.315 e. The second kappa shape index (κ2) is 7.61. The maximum Gasteiger partial charge on any atom is 0.315 e. The zero-order valence-corrected chi connectivity index (χ0v) is 13.3. The maximum absolute atomic E-state index is 12.0. The zero-order valence-electron chi connectivity index (χ0n) is 13.3. The monoisotopic (exact) mass is 306 g/mol. The maximum atomic E-state index is 12.0. The normalized spacial score (nSPS) is 20.0. The van der Waals surface area contributed by atoms with E-state index in [1.807, 2.05) is 25.1 Å². The highest BCUT2D eigenvalue weighted by Gasteiger charge is 2.30. The molecule has 0 saturated carbocycles. The average Bonchev–Trinajstić information content (AvgIpc) is 2.54. The lowest BCUT2D eigenvalue weighted by Gasteiger charge is -2.32. The van der Waals surface area contributed by atoms with Crippen molar-refractivity contribution in [3.63, 3.8) is 0 Å². The van der Waals surface area contributed by atoms with Gasteiger partial charge in [-0.25, -0.2) is 4.79 Å². The molecule has 1 aliphatic rings. The van der Waals surface area contributed by atoms with Crippen LogP contribution >= 0.6 is 0 Å². The number of urea groups is 1. The molecule has 2 unspecified atom stereocenters. The van der Waals surface area contributed by atoms with Crippen molar-refractivity contribution in [1.82, 2.24) is 10.6 Å². The molecule has 122 valence electrons. The summed E-state index contributed by atoms with van der Waals surface area (Å²) in [6.45, 7) is 5.42. The Morgan fingerprint density at radius 1 is 1.27 bits per heavy atom. The highest BCUT2D eigenvalue weighted by atomic mass is 16.5. The number of aliphatic hydroxyl groups is 1. The second-order valence-electron chi connectivity index (χ2n) is 6.15. The fraction of sp³-hybridized carbons (Fsp3) is 0.588. The zero-order chi connectivity index (χ0) is 16.0. The summed E-state index contributed by atoms with van der Waals surface area (Å²) in [7, 11) is 0. The molecule has 5 nitrogen and oxygen atoms in total. The van der Waals surface area contributed by atoms with Crippen molar-refractivity contribution in [2.24, 2.45) is 0 Å². The molecule has 0 spiro atoms. The van der Waals surface area contributed by atoms with E-state index in [2.05, 4.69) is 29.7 Å². The molecule has 2 amide bonds. The quantitative estimate of drug-likeness (QED) is 0.779. The summed E-state index contributed by atoms with van der Waals surface area (Å²) in [6, 6.07) is 9.87. The van der Waals surface area contributed by atoms with Crippen LogP contribution in [0, 0.1) is 0 Å².